The molecule has 0 amide bonds. The molecule has 7 heteroatoms. The molecule has 0 aromatic heterocycles. The van der Waals surface area contributed by atoms with E-state index in [1.165, 1.54) is 16.7 Å². The Morgan fingerprint density at radius 2 is 1.75 bits per heavy atom. The SMILES string of the molecule is CN=C(NCC(c1ccccc1)N1CCOCC1)N1CCOC(c2ccccc2C)C1.I. The van der Waals surface area contributed by atoms with Crippen LogP contribution in [0.15, 0.2) is 59.6 Å². The topological polar surface area (TPSA) is 49.3 Å². The molecule has 32 heavy (non-hydrogen) atoms. The molecular formula is C25H35IN4O2. The zero-order valence-corrected chi connectivity index (χ0v) is 21.4. The van der Waals surface area contributed by atoms with Gasteiger partial charge in [0.1, 0.15) is 6.10 Å². The Labute approximate surface area is 209 Å². The number of hydrogen-bond acceptors (Lipinski definition) is 4. The quantitative estimate of drug-likeness (QED) is 0.350. The number of halogens is 1. The Kier molecular flexibility index (Phi) is 9.77. The highest BCUT2D eigenvalue weighted by Crippen LogP contribution is 2.25. The number of nitrogens with one attached hydrogen (secondary N) is 1. The first-order valence-electron chi connectivity index (χ1n) is 11.3. The van der Waals surface area contributed by atoms with Crippen molar-refractivity contribution in [2.45, 2.75) is 19.1 Å². The van der Waals surface area contributed by atoms with Gasteiger partial charge >= 0.3 is 0 Å². The van der Waals surface area contributed by atoms with Crippen LogP contribution < -0.4 is 5.32 Å². The minimum Gasteiger partial charge on any atom is -0.379 e. The van der Waals surface area contributed by atoms with Gasteiger partial charge in [-0.3, -0.25) is 9.89 Å². The zero-order valence-electron chi connectivity index (χ0n) is 19.1. The Morgan fingerprint density at radius 1 is 1.03 bits per heavy atom. The van der Waals surface area contributed by atoms with Gasteiger partial charge in [-0.25, -0.2) is 0 Å². The van der Waals surface area contributed by atoms with E-state index in [1.54, 1.807) is 0 Å². The van der Waals surface area contributed by atoms with Gasteiger partial charge in [-0.15, -0.1) is 24.0 Å². The van der Waals surface area contributed by atoms with Crippen LogP contribution in [0.2, 0.25) is 0 Å². The summed E-state index contributed by atoms with van der Waals surface area (Å²) in [5.41, 5.74) is 3.86. The van der Waals surface area contributed by atoms with Gasteiger partial charge in [0.25, 0.3) is 0 Å². The van der Waals surface area contributed by atoms with Crippen molar-refractivity contribution in [3.63, 3.8) is 0 Å². The highest BCUT2D eigenvalue weighted by atomic mass is 127. The number of aliphatic imine (C=N–C) groups is 1. The number of morpholine rings is 2. The van der Waals surface area contributed by atoms with Crippen LogP contribution in [-0.4, -0.2) is 75.4 Å². The number of guanidine groups is 1. The number of aryl methyl sites for hydroxylation is 1. The lowest BCUT2D eigenvalue weighted by molar-refractivity contribution is -0.00881. The normalized spacial score (nSPS) is 21.0. The summed E-state index contributed by atoms with van der Waals surface area (Å²) in [6.45, 7) is 8.79. The van der Waals surface area contributed by atoms with Gasteiger partial charge in [0, 0.05) is 33.2 Å². The summed E-state index contributed by atoms with van der Waals surface area (Å²) >= 11 is 0. The molecule has 0 aliphatic carbocycles. The molecule has 1 N–H and O–H groups in total. The Hall–Kier alpha value is -1.68. The highest BCUT2D eigenvalue weighted by Gasteiger charge is 2.27. The fraction of sp³-hybridized carbons (Fsp3) is 0.480. The summed E-state index contributed by atoms with van der Waals surface area (Å²) in [7, 11) is 1.87. The largest absolute Gasteiger partial charge is 0.379 e. The molecular weight excluding hydrogens is 515 g/mol. The van der Waals surface area contributed by atoms with Gasteiger partial charge in [0.15, 0.2) is 5.96 Å². The van der Waals surface area contributed by atoms with Gasteiger partial charge in [-0.05, 0) is 23.6 Å². The number of benzene rings is 2. The Balaban J connectivity index is 0.00000289. The molecule has 0 saturated carbocycles. The molecule has 2 aromatic carbocycles. The third-order valence-electron chi connectivity index (χ3n) is 6.24. The molecule has 2 atom stereocenters. The number of ether oxygens (including phenoxy) is 2. The first kappa shape index (κ1) is 25.0. The maximum atomic E-state index is 6.11. The molecule has 2 unspecified atom stereocenters. The number of hydrogen-bond donors (Lipinski definition) is 1. The zero-order chi connectivity index (χ0) is 21.5. The minimum atomic E-state index is 0. The maximum absolute atomic E-state index is 6.11. The summed E-state index contributed by atoms with van der Waals surface area (Å²) in [4.78, 5) is 9.44. The average Bonchev–Trinajstić information content (AvgIpc) is 2.83. The molecule has 2 aliphatic rings. The van der Waals surface area contributed by atoms with Crippen LogP contribution in [-0.2, 0) is 9.47 Å². The van der Waals surface area contributed by atoms with Crippen LogP contribution in [0.5, 0.6) is 0 Å². The van der Waals surface area contributed by atoms with Crippen molar-refractivity contribution in [1.29, 1.82) is 0 Å². The molecule has 2 aromatic rings. The van der Waals surface area contributed by atoms with Gasteiger partial charge in [-0.2, -0.15) is 0 Å². The summed E-state index contributed by atoms with van der Waals surface area (Å²) < 4.78 is 11.7. The molecule has 174 valence electrons. The molecule has 0 radical (unpaired) electrons. The van der Waals surface area contributed by atoms with E-state index >= 15 is 0 Å². The fourth-order valence-electron chi connectivity index (χ4n) is 4.52. The molecule has 2 fully saturated rings. The van der Waals surface area contributed by atoms with Crippen molar-refractivity contribution in [2.75, 3.05) is 59.6 Å². The molecule has 2 saturated heterocycles. The Bertz CT molecular complexity index is 858. The molecule has 2 aliphatic heterocycles. The second kappa shape index (κ2) is 12.5. The number of rotatable bonds is 5. The van der Waals surface area contributed by atoms with Crippen LogP contribution in [0.4, 0.5) is 0 Å². The van der Waals surface area contributed by atoms with Crippen molar-refractivity contribution in [3.05, 3.63) is 71.3 Å². The van der Waals surface area contributed by atoms with E-state index in [9.17, 15) is 0 Å². The van der Waals surface area contributed by atoms with Crippen molar-refractivity contribution >= 4 is 29.9 Å². The van der Waals surface area contributed by atoms with E-state index in [1.807, 2.05) is 7.05 Å². The first-order chi connectivity index (χ1) is 15.3. The van der Waals surface area contributed by atoms with Crippen molar-refractivity contribution in [2.24, 2.45) is 4.99 Å². The fourth-order valence-corrected chi connectivity index (χ4v) is 4.52. The van der Waals surface area contributed by atoms with E-state index in [2.05, 4.69) is 81.6 Å². The maximum Gasteiger partial charge on any atom is 0.193 e. The van der Waals surface area contributed by atoms with Gasteiger partial charge in [-0.1, -0.05) is 54.6 Å². The molecule has 0 spiro atoms. The van der Waals surface area contributed by atoms with Crippen LogP contribution in [0.25, 0.3) is 0 Å². The molecule has 2 heterocycles. The van der Waals surface area contributed by atoms with Gasteiger partial charge in [0.05, 0.1) is 32.4 Å². The van der Waals surface area contributed by atoms with Crippen LogP contribution in [0.3, 0.4) is 0 Å². The number of nitrogens with zero attached hydrogens (tertiary/aromatic N) is 3. The minimum absolute atomic E-state index is 0. The summed E-state index contributed by atoms with van der Waals surface area (Å²) in [5.74, 6) is 0.941. The highest BCUT2D eigenvalue weighted by molar-refractivity contribution is 14.0. The first-order valence-corrected chi connectivity index (χ1v) is 11.3. The van der Waals surface area contributed by atoms with Crippen LogP contribution >= 0.6 is 24.0 Å². The molecule has 4 rings (SSSR count). The van der Waals surface area contributed by atoms with E-state index in [0.717, 1.165) is 51.9 Å². The third-order valence-corrected chi connectivity index (χ3v) is 6.24. The van der Waals surface area contributed by atoms with Gasteiger partial charge < -0.3 is 19.7 Å². The van der Waals surface area contributed by atoms with Crippen molar-refractivity contribution < 1.29 is 9.47 Å². The summed E-state index contributed by atoms with van der Waals surface area (Å²) in [6.07, 6.45) is 0.0673. The third kappa shape index (κ3) is 6.21. The van der Waals surface area contributed by atoms with Crippen molar-refractivity contribution in [3.8, 4) is 0 Å². The van der Waals surface area contributed by atoms with E-state index in [4.69, 9.17) is 9.47 Å². The lowest BCUT2D eigenvalue weighted by atomic mass is 10.0. The smallest absolute Gasteiger partial charge is 0.193 e. The van der Waals surface area contributed by atoms with Crippen LogP contribution in [0, 0.1) is 6.92 Å². The van der Waals surface area contributed by atoms with Gasteiger partial charge in [0.2, 0.25) is 0 Å². The average molecular weight is 550 g/mol. The van der Waals surface area contributed by atoms with E-state index in [-0.39, 0.29) is 36.1 Å². The van der Waals surface area contributed by atoms with E-state index in [0.29, 0.717) is 6.61 Å². The summed E-state index contributed by atoms with van der Waals surface area (Å²) in [5, 5.41) is 3.66. The van der Waals surface area contributed by atoms with E-state index < -0.39 is 0 Å². The van der Waals surface area contributed by atoms with Crippen LogP contribution in [0.1, 0.15) is 28.8 Å². The lowest BCUT2D eigenvalue weighted by Gasteiger charge is -2.38. The standard InChI is InChI=1S/C25H34N4O2.HI/c1-20-8-6-7-11-22(20)24-19-29(14-17-31-24)25(26-2)27-18-23(21-9-4-3-5-10-21)28-12-15-30-16-13-28;/h3-11,23-24H,12-19H2,1-2H3,(H,26,27);1H. The summed E-state index contributed by atoms with van der Waals surface area (Å²) in [6, 6.07) is 19.5. The second-order valence-corrected chi connectivity index (χ2v) is 8.16. The van der Waals surface area contributed by atoms with Crippen molar-refractivity contribution in [1.82, 2.24) is 15.1 Å². The molecule has 6 nitrogen and oxygen atoms in total. The lowest BCUT2D eigenvalue weighted by Crippen LogP contribution is -2.51. The second-order valence-electron chi connectivity index (χ2n) is 8.16. The predicted molar refractivity (Wildman–Crippen MR) is 140 cm³/mol. The Morgan fingerprint density at radius 3 is 2.47 bits per heavy atom. The predicted octanol–water partition coefficient (Wildman–Crippen LogP) is 3.64. The molecule has 0 bridgehead atoms. The monoisotopic (exact) mass is 550 g/mol.